The summed E-state index contributed by atoms with van der Waals surface area (Å²) in [4.78, 5) is 30.4. The van der Waals surface area contributed by atoms with Crippen LogP contribution in [0.3, 0.4) is 0 Å². The fourth-order valence-corrected chi connectivity index (χ4v) is 4.15. The topological polar surface area (TPSA) is 68.3 Å². The SMILES string of the molecule is CC(C)(C)OC(=O)Nc1sc2c(c1C(=O)c1ccc(Cl)cn1)CCC2. The molecule has 0 fully saturated rings. The van der Waals surface area contributed by atoms with Gasteiger partial charge in [0.1, 0.15) is 16.3 Å². The van der Waals surface area contributed by atoms with Crippen LogP contribution in [0.2, 0.25) is 5.02 Å². The van der Waals surface area contributed by atoms with Crippen molar-refractivity contribution in [3.05, 3.63) is 45.1 Å². The highest BCUT2D eigenvalue weighted by atomic mass is 35.5. The third kappa shape index (κ3) is 4.02. The van der Waals surface area contributed by atoms with Gasteiger partial charge in [-0.1, -0.05) is 11.6 Å². The lowest BCUT2D eigenvalue weighted by Crippen LogP contribution is -2.27. The number of nitrogens with zero attached hydrogens (tertiary/aromatic N) is 1. The highest BCUT2D eigenvalue weighted by molar-refractivity contribution is 7.17. The average molecular weight is 379 g/mol. The molecule has 0 radical (unpaired) electrons. The van der Waals surface area contributed by atoms with Gasteiger partial charge in [-0.3, -0.25) is 15.1 Å². The molecule has 0 saturated heterocycles. The second kappa shape index (κ2) is 6.77. The van der Waals surface area contributed by atoms with E-state index in [-0.39, 0.29) is 5.78 Å². The molecule has 7 heteroatoms. The summed E-state index contributed by atoms with van der Waals surface area (Å²) in [7, 11) is 0. The van der Waals surface area contributed by atoms with Gasteiger partial charge in [-0.2, -0.15) is 0 Å². The van der Waals surface area contributed by atoms with Gasteiger partial charge in [0.15, 0.2) is 0 Å². The number of halogens is 1. The number of amides is 1. The van der Waals surface area contributed by atoms with E-state index in [4.69, 9.17) is 16.3 Å². The molecule has 1 N–H and O–H groups in total. The van der Waals surface area contributed by atoms with Gasteiger partial charge < -0.3 is 4.74 Å². The molecule has 0 atom stereocenters. The predicted octanol–water partition coefficient (Wildman–Crippen LogP) is 4.86. The Labute approximate surface area is 155 Å². The van der Waals surface area contributed by atoms with Crippen LogP contribution in [-0.4, -0.2) is 22.5 Å². The molecule has 2 aromatic heterocycles. The van der Waals surface area contributed by atoms with E-state index in [0.717, 1.165) is 29.7 Å². The summed E-state index contributed by atoms with van der Waals surface area (Å²) in [5, 5.41) is 3.74. The Kier molecular flexibility index (Phi) is 4.84. The van der Waals surface area contributed by atoms with Crippen molar-refractivity contribution in [3.8, 4) is 0 Å². The van der Waals surface area contributed by atoms with E-state index in [1.165, 1.54) is 17.5 Å². The molecule has 2 aromatic rings. The Morgan fingerprint density at radius 1 is 1.28 bits per heavy atom. The smallest absolute Gasteiger partial charge is 0.412 e. The molecule has 0 spiro atoms. The Hall–Kier alpha value is -1.92. The van der Waals surface area contributed by atoms with E-state index in [2.05, 4.69) is 10.3 Å². The number of hydrogen-bond donors (Lipinski definition) is 1. The van der Waals surface area contributed by atoms with Crippen molar-refractivity contribution in [1.29, 1.82) is 0 Å². The van der Waals surface area contributed by atoms with E-state index in [0.29, 0.717) is 21.3 Å². The maximum Gasteiger partial charge on any atom is 0.412 e. The van der Waals surface area contributed by atoms with Gasteiger partial charge in [-0.15, -0.1) is 11.3 Å². The molecule has 0 aromatic carbocycles. The number of carbonyl (C=O) groups excluding carboxylic acids is 2. The number of aryl methyl sites for hydroxylation is 1. The Balaban J connectivity index is 1.93. The van der Waals surface area contributed by atoms with Crippen molar-refractivity contribution < 1.29 is 14.3 Å². The van der Waals surface area contributed by atoms with Gasteiger partial charge >= 0.3 is 6.09 Å². The molecule has 1 amide bonds. The summed E-state index contributed by atoms with van der Waals surface area (Å²) >= 11 is 7.29. The molecular formula is C18H19ClN2O3S. The lowest BCUT2D eigenvalue weighted by Gasteiger charge is -2.19. The number of fused-ring (bicyclic) bond motifs is 1. The lowest BCUT2D eigenvalue weighted by molar-refractivity contribution is 0.0636. The zero-order chi connectivity index (χ0) is 18.2. The zero-order valence-corrected chi connectivity index (χ0v) is 15.9. The van der Waals surface area contributed by atoms with Crippen molar-refractivity contribution in [3.63, 3.8) is 0 Å². The normalized spacial score (nSPS) is 13.4. The summed E-state index contributed by atoms with van der Waals surface area (Å²) in [6.07, 6.45) is 3.65. The van der Waals surface area contributed by atoms with Gasteiger partial charge in [0.2, 0.25) is 5.78 Å². The Morgan fingerprint density at radius 2 is 2.04 bits per heavy atom. The largest absolute Gasteiger partial charge is 0.444 e. The van der Waals surface area contributed by atoms with Gasteiger partial charge in [0, 0.05) is 11.1 Å². The Morgan fingerprint density at radius 3 is 2.68 bits per heavy atom. The minimum Gasteiger partial charge on any atom is -0.444 e. The summed E-state index contributed by atoms with van der Waals surface area (Å²) in [5.41, 5.74) is 1.24. The minimum absolute atomic E-state index is 0.206. The monoisotopic (exact) mass is 378 g/mol. The number of pyridine rings is 1. The van der Waals surface area contributed by atoms with Crippen LogP contribution in [0, 0.1) is 0 Å². The molecule has 0 bridgehead atoms. The number of ether oxygens (including phenoxy) is 1. The first-order valence-corrected chi connectivity index (χ1v) is 9.25. The van der Waals surface area contributed by atoms with E-state index in [1.54, 1.807) is 32.9 Å². The standard InChI is InChI=1S/C18H19ClN2O3S/c1-18(2,3)24-17(23)21-16-14(11-5-4-6-13(11)25-16)15(22)12-8-7-10(19)9-20-12/h7-9H,4-6H2,1-3H3,(H,21,23). The average Bonchev–Trinajstić information content (AvgIpc) is 3.05. The van der Waals surface area contributed by atoms with Crippen molar-refractivity contribution in [2.75, 3.05) is 5.32 Å². The second-order valence-electron chi connectivity index (χ2n) is 6.88. The molecule has 1 aliphatic carbocycles. The maximum atomic E-state index is 13.0. The number of anilines is 1. The highest BCUT2D eigenvalue weighted by Crippen LogP contribution is 2.40. The first-order chi connectivity index (χ1) is 11.7. The van der Waals surface area contributed by atoms with Crippen molar-refractivity contribution in [2.45, 2.75) is 45.6 Å². The molecule has 132 valence electrons. The van der Waals surface area contributed by atoms with Crippen molar-refractivity contribution in [1.82, 2.24) is 4.98 Å². The fraction of sp³-hybridized carbons (Fsp3) is 0.389. The lowest BCUT2D eigenvalue weighted by atomic mass is 10.0. The molecule has 1 aliphatic rings. The minimum atomic E-state index is -0.605. The van der Waals surface area contributed by atoms with E-state index in [1.807, 2.05) is 0 Å². The van der Waals surface area contributed by atoms with Gasteiger partial charge in [0.05, 0.1) is 10.6 Å². The third-order valence-corrected chi connectivity index (χ3v) is 5.15. The first-order valence-electron chi connectivity index (χ1n) is 8.05. The van der Waals surface area contributed by atoms with Crippen LogP contribution in [0.4, 0.5) is 9.80 Å². The van der Waals surface area contributed by atoms with E-state index < -0.39 is 11.7 Å². The number of thiophene rings is 1. The molecule has 0 unspecified atom stereocenters. The third-order valence-electron chi connectivity index (χ3n) is 3.72. The number of rotatable bonds is 3. The van der Waals surface area contributed by atoms with Crippen LogP contribution in [0.1, 0.15) is 53.7 Å². The van der Waals surface area contributed by atoms with Crippen LogP contribution in [0.25, 0.3) is 0 Å². The zero-order valence-electron chi connectivity index (χ0n) is 14.3. The summed E-state index contributed by atoms with van der Waals surface area (Å²) < 4.78 is 5.31. The van der Waals surface area contributed by atoms with Gasteiger partial charge in [-0.05, 0) is 57.7 Å². The summed E-state index contributed by atoms with van der Waals surface area (Å²) in [5.74, 6) is -0.206. The van der Waals surface area contributed by atoms with Gasteiger partial charge in [-0.25, -0.2) is 4.79 Å². The van der Waals surface area contributed by atoms with Crippen LogP contribution >= 0.6 is 22.9 Å². The second-order valence-corrected chi connectivity index (χ2v) is 8.42. The molecule has 5 nitrogen and oxygen atoms in total. The Bertz CT molecular complexity index is 822. The highest BCUT2D eigenvalue weighted by Gasteiger charge is 2.29. The quantitative estimate of drug-likeness (QED) is 0.774. The number of carbonyl (C=O) groups is 2. The number of ketones is 1. The van der Waals surface area contributed by atoms with E-state index in [9.17, 15) is 9.59 Å². The maximum absolute atomic E-state index is 13.0. The van der Waals surface area contributed by atoms with Crippen LogP contribution in [0.15, 0.2) is 18.3 Å². The first kappa shape index (κ1) is 17.9. The molecular weight excluding hydrogens is 360 g/mol. The molecule has 0 aliphatic heterocycles. The predicted molar refractivity (Wildman–Crippen MR) is 98.9 cm³/mol. The van der Waals surface area contributed by atoms with Crippen LogP contribution < -0.4 is 5.32 Å². The van der Waals surface area contributed by atoms with E-state index >= 15 is 0 Å². The fourth-order valence-electron chi connectivity index (χ4n) is 2.77. The molecule has 25 heavy (non-hydrogen) atoms. The van der Waals surface area contributed by atoms with Gasteiger partial charge in [0.25, 0.3) is 0 Å². The van der Waals surface area contributed by atoms with Crippen LogP contribution in [-0.2, 0) is 17.6 Å². The van der Waals surface area contributed by atoms with Crippen molar-refractivity contribution in [2.24, 2.45) is 0 Å². The molecule has 3 rings (SSSR count). The van der Waals surface area contributed by atoms with Crippen LogP contribution in [0.5, 0.6) is 0 Å². The number of hydrogen-bond acceptors (Lipinski definition) is 5. The molecule has 2 heterocycles. The molecule has 0 saturated carbocycles. The summed E-state index contributed by atoms with van der Waals surface area (Å²) in [6, 6.07) is 3.23. The number of nitrogens with one attached hydrogen (secondary N) is 1. The number of aromatic nitrogens is 1. The van der Waals surface area contributed by atoms with Crippen molar-refractivity contribution >= 4 is 39.8 Å². The summed E-state index contributed by atoms with van der Waals surface area (Å²) in [6.45, 7) is 5.39.